The van der Waals surface area contributed by atoms with Gasteiger partial charge in [0, 0.05) is 11.5 Å². The summed E-state index contributed by atoms with van der Waals surface area (Å²) in [6.45, 7) is 4.87. The number of hydrogen-bond donors (Lipinski definition) is 2. The molecule has 0 aromatic carbocycles. The van der Waals surface area contributed by atoms with Crippen molar-refractivity contribution in [2.75, 3.05) is 6.61 Å². The van der Waals surface area contributed by atoms with Crippen LogP contribution in [-0.2, 0) is 9.53 Å². The molecule has 0 bridgehead atoms. The van der Waals surface area contributed by atoms with Crippen LogP contribution in [0, 0.1) is 34.5 Å². The fraction of sp³-hybridized carbons (Fsp3) is 0.870. The normalized spacial score (nSPS) is 54.6. The summed E-state index contributed by atoms with van der Waals surface area (Å²) in [5, 5.41) is 23.6. The number of aliphatic hydroxyl groups excluding tert-OH is 1. The molecule has 1 heterocycles. The van der Waals surface area contributed by atoms with Gasteiger partial charge in [-0.25, -0.2) is 4.79 Å². The summed E-state index contributed by atoms with van der Waals surface area (Å²) in [4.78, 5) is 11.6. The molecule has 2 N–H and O–H groups in total. The minimum Gasteiger partial charge on any atom is -0.458 e. The number of carbonyl (C=O) groups excluding carboxylic acids is 1. The van der Waals surface area contributed by atoms with Crippen molar-refractivity contribution in [3.05, 3.63) is 11.6 Å². The Hall–Kier alpha value is -0.870. The van der Waals surface area contributed by atoms with Crippen LogP contribution in [0.3, 0.4) is 0 Å². The molecule has 5 aliphatic rings. The summed E-state index contributed by atoms with van der Waals surface area (Å²) in [6, 6.07) is 0. The van der Waals surface area contributed by atoms with Gasteiger partial charge in [-0.3, -0.25) is 0 Å². The summed E-state index contributed by atoms with van der Waals surface area (Å²) in [6.07, 6.45) is 11.0. The van der Waals surface area contributed by atoms with Crippen molar-refractivity contribution in [1.82, 2.24) is 0 Å². The average molecular weight is 375 g/mol. The molecule has 5 rings (SSSR count). The lowest BCUT2D eigenvalue weighted by molar-refractivity contribution is -0.242. The maximum Gasteiger partial charge on any atom is 0.331 e. The minimum absolute atomic E-state index is 0.0433. The Morgan fingerprint density at radius 1 is 1.07 bits per heavy atom. The van der Waals surface area contributed by atoms with E-state index in [4.69, 9.17) is 4.74 Å². The maximum absolute atomic E-state index is 12.1. The van der Waals surface area contributed by atoms with Gasteiger partial charge in [0.05, 0.1) is 11.7 Å². The van der Waals surface area contributed by atoms with Crippen LogP contribution in [0.1, 0.15) is 71.6 Å². The summed E-state index contributed by atoms with van der Waals surface area (Å²) in [7, 11) is 0. The van der Waals surface area contributed by atoms with Gasteiger partial charge in [0.2, 0.25) is 0 Å². The third-order valence-electron chi connectivity index (χ3n) is 10.00. The highest BCUT2D eigenvalue weighted by molar-refractivity contribution is 5.85. The van der Waals surface area contributed by atoms with Gasteiger partial charge in [0.15, 0.2) is 0 Å². The molecule has 0 amide bonds. The SMILES string of the molecule is C[C@]12CCCC[C@@H]1CC[C@@H]1[C@@H]2C[C@@H](O)[C@]2(C)[C@@H](C3=CC(=O)OC3)CC[C@]12O. The molecule has 0 saturated heterocycles. The summed E-state index contributed by atoms with van der Waals surface area (Å²) < 4.78 is 5.17. The number of hydrogen-bond acceptors (Lipinski definition) is 4. The number of carbonyl (C=O) groups is 1. The van der Waals surface area contributed by atoms with Crippen molar-refractivity contribution in [2.45, 2.75) is 83.3 Å². The number of aliphatic hydroxyl groups is 2. The van der Waals surface area contributed by atoms with Gasteiger partial charge in [-0.1, -0.05) is 26.7 Å². The van der Waals surface area contributed by atoms with Crippen LogP contribution in [0.4, 0.5) is 0 Å². The smallest absolute Gasteiger partial charge is 0.331 e. The van der Waals surface area contributed by atoms with Crippen LogP contribution in [0.2, 0.25) is 0 Å². The zero-order valence-electron chi connectivity index (χ0n) is 16.7. The van der Waals surface area contributed by atoms with E-state index in [-0.39, 0.29) is 23.2 Å². The van der Waals surface area contributed by atoms with E-state index < -0.39 is 17.1 Å². The fourth-order valence-corrected chi connectivity index (χ4v) is 8.43. The average Bonchev–Trinajstić information content (AvgIpc) is 3.18. The van der Waals surface area contributed by atoms with Crippen molar-refractivity contribution in [1.29, 1.82) is 0 Å². The lowest BCUT2D eigenvalue weighted by Gasteiger charge is -2.64. The van der Waals surface area contributed by atoms with E-state index >= 15 is 0 Å². The second-order valence-corrected chi connectivity index (χ2v) is 10.6. The number of rotatable bonds is 1. The molecule has 4 saturated carbocycles. The zero-order chi connectivity index (χ0) is 19.0. The lowest BCUT2D eigenvalue weighted by atomic mass is 9.42. The summed E-state index contributed by atoms with van der Waals surface area (Å²) in [5.74, 6) is 1.21. The van der Waals surface area contributed by atoms with Gasteiger partial charge >= 0.3 is 5.97 Å². The molecule has 0 radical (unpaired) electrons. The first-order valence-electron chi connectivity index (χ1n) is 11.1. The van der Waals surface area contributed by atoms with E-state index in [2.05, 4.69) is 13.8 Å². The first-order valence-corrected chi connectivity index (χ1v) is 11.1. The Balaban J connectivity index is 1.53. The van der Waals surface area contributed by atoms with Gasteiger partial charge in [-0.15, -0.1) is 0 Å². The Labute approximate surface area is 162 Å². The largest absolute Gasteiger partial charge is 0.458 e. The number of ether oxygens (including phenoxy) is 1. The highest BCUT2D eigenvalue weighted by Crippen LogP contribution is 2.69. The highest BCUT2D eigenvalue weighted by atomic mass is 16.5. The highest BCUT2D eigenvalue weighted by Gasteiger charge is 2.70. The molecule has 0 aromatic heterocycles. The van der Waals surface area contributed by atoms with Crippen molar-refractivity contribution >= 4 is 5.97 Å². The van der Waals surface area contributed by atoms with Crippen molar-refractivity contribution in [3.63, 3.8) is 0 Å². The molecule has 8 atom stereocenters. The van der Waals surface area contributed by atoms with Crippen LogP contribution >= 0.6 is 0 Å². The number of cyclic esters (lactones) is 1. The molecule has 1 aliphatic heterocycles. The molecule has 150 valence electrons. The quantitative estimate of drug-likeness (QED) is 0.688. The number of esters is 1. The van der Waals surface area contributed by atoms with E-state index in [9.17, 15) is 15.0 Å². The van der Waals surface area contributed by atoms with Gasteiger partial charge in [0.25, 0.3) is 0 Å². The van der Waals surface area contributed by atoms with E-state index in [0.717, 1.165) is 37.2 Å². The van der Waals surface area contributed by atoms with E-state index in [1.165, 1.54) is 32.1 Å². The van der Waals surface area contributed by atoms with Crippen LogP contribution in [0.5, 0.6) is 0 Å². The Kier molecular flexibility index (Phi) is 3.92. The first kappa shape index (κ1) is 18.2. The van der Waals surface area contributed by atoms with Crippen LogP contribution in [-0.4, -0.2) is 34.5 Å². The molecule has 0 aromatic rings. The van der Waals surface area contributed by atoms with Crippen LogP contribution in [0.15, 0.2) is 11.6 Å². The van der Waals surface area contributed by atoms with E-state index in [0.29, 0.717) is 12.5 Å². The Morgan fingerprint density at radius 2 is 1.89 bits per heavy atom. The monoisotopic (exact) mass is 374 g/mol. The molecule has 4 heteroatoms. The molecular weight excluding hydrogens is 340 g/mol. The third-order valence-corrected chi connectivity index (χ3v) is 10.00. The molecule has 4 aliphatic carbocycles. The molecule has 4 nitrogen and oxygen atoms in total. The zero-order valence-corrected chi connectivity index (χ0v) is 16.7. The van der Waals surface area contributed by atoms with Crippen molar-refractivity contribution in [3.8, 4) is 0 Å². The number of fused-ring (bicyclic) bond motifs is 5. The first-order chi connectivity index (χ1) is 12.8. The van der Waals surface area contributed by atoms with Crippen molar-refractivity contribution in [2.24, 2.45) is 34.5 Å². The molecule has 0 unspecified atom stereocenters. The molecule has 0 spiro atoms. The van der Waals surface area contributed by atoms with Crippen LogP contribution < -0.4 is 0 Å². The fourth-order valence-electron chi connectivity index (χ4n) is 8.43. The standard InChI is InChI=1S/C23H34O4/c1-21-9-4-3-5-15(21)6-7-17-18(21)12-19(24)22(2)16(8-10-23(17,22)26)14-11-20(25)27-13-14/h11,15-19,24,26H,3-10,12-13H2,1-2H3/t15-,16-,17-,18+,19-,21+,22+,23+/m1/s1. The lowest BCUT2D eigenvalue weighted by Crippen LogP contribution is -2.66. The molecule has 27 heavy (non-hydrogen) atoms. The predicted molar refractivity (Wildman–Crippen MR) is 102 cm³/mol. The third kappa shape index (κ3) is 2.20. The second-order valence-electron chi connectivity index (χ2n) is 10.6. The Bertz CT molecular complexity index is 686. The van der Waals surface area contributed by atoms with Crippen LogP contribution in [0.25, 0.3) is 0 Å². The summed E-state index contributed by atoms with van der Waals surface area (Å²) in [5.41, 5.74) is -0.166. The van der Waals surface area contributed by atoms with Gasteiger partial charge < -0.3 is 14.9 Å². The molecular formula is C23H34O4. The van der Waals surface area contributed by atoms with Gasteiger partial charge in [0.1, 0.15) is 6.61 Å². The van der Waals surface area contributed by atoms with E-state index in [1.54, 1.807) is 6.08 Å². The second kappa shape index (κ2) is 5.82. The minimum atomic E-state index is -0.835. The van der Waals surface area contributed by atoms with E-state index in [1.807, 2.05) is 0 Å². The molecule has 4 fully saturated rings. The Morgan fingerprint density at radius 3 is 2.63 bits per heavy atom. The topological polar surface area (TPSA) is 66.8 Å². The van der Waals surface area contributed by atoms with Crippen molar-refractivity contribution < 1.29 is 19.7 Å². The maximum atomic E-state index is 12.1. The van der Waals surface area contributed by atoms with Gasteiger partial charge in [-0.05, 0) is 79.6 Å². The van der Waals surface area contributed by atoms with Gasteiger partial charge in [-0.2, -0.15) is 0 Å². The summed E-state index contributed by atoms with van der Waals surface area (Å²) >= 11 is 0. The predicted octanol–water partition coefficient (Wildman–Crippen LogP) is 3.60.